The van der Waals surface area contributed by atoms with Crippen molar-refractivity contribution in [2.24, 2.45) is 0 Å². The number of benzene rings is 1. The predicted molar refractivity (Wildman–Crippen MR) is 64.7 cm³/mol. The Morgan fingerprint density at radius 2 is 2.06 bits per heavy atom. The molecule has 2 aromatic rings. The maximum atomic E-state index is 11.5. The molecule has 1 aromatic heterocycles. The molecular weight excluding hydrogens is 237 g/mol. The third-order valence-electron chi connectivity index (χ3n) is 2.34. The van der Waals surface area contributed by atoms with Crippen molar-refractivity contribution in [3.05, 3.63) is 42.1 Å². The molecule has 0 radical (unpaired) electrons. The van der Waals surface area contributed by atoms with Crippen molar-refractivity contribution in [3.63, 3.8) is 0 Å². The summed E-state index contributed by atoms with van der Waals surface area (Å²) in [5.74, 6) is 0. The molecule has 0 aliphatic rings. The summed E-state index contributed by atoms with van der Waals surface area (Å²) in [5.41, 5.74) is 1.30. The van der Waals surface area contributed by atoms with Crippen LogP contribution in [0.3, 0.4) is 0 Å². The standard InChI is InChI=1S/C12H14NO3P/c1-2-16-17(14,15)9-11-8-7-10-5-3-4-6-12(10)13-11/h3-8H,2,9H2,1H3,(H,14,15)/p-1. The fourth-order valence-corrected chi connectivity index (χ4v) is 2.69. The first kappa shape index (κ1) is 12.2. The first-order chi connectivity index (χ1) is 8.11. The number of hydrogen-bond donors (Lipinski definition) is 0. The molecule has 0 saturated carbocycles. The Morgan fingerprint density at radius 1 is 1.29 bits per heavy atom. The highest BCUT2D eigenvalue weighted by atomic mass is 31.2. The number of rotatable bonds is 4. The van der Waals surface area contributed by atoms with Gasteiger partial charge in [0.15, 0.2) is 0 Å². The van der Waals surface area contributed by atoms with Crippen LogP contribution < -0.4 is 4.89 Å². The molecule has 0 aliphatic heterocycles. The summed E-state index contributed by atoms with van der Waals surface area (Å²) in [6.07, 6.45) is -0.161. The first-order valence-electron chi connectivity index (χ1n) is 5.40. The molecule has 1 atom stereocenters. The van der Waals surface area contributed by atoms with Crippen LogP contribution in [0.1, 0.15) is 12.6 Å². The minimum Gasteiger partial charge on any atom is -0.778 e. The quantitative estimate of drug-likeness (QED) is 0.781. The van der Waals surface area contributed by atoms with Crippen LogP contribution in [0.4, 0.5) is 0 Å². The van der Waals surface area contributed by atoms with Gasteiger partial charge in [-0.05, 0) is 19.1 Å². The Bertz CT molecular complexity index is 570. The average Bonchev–Trinajstić information content (AvgIpc) is 2.28. The summed E-state index contributed by atoms with van der Waals surface area (Å²) in [4.78, 5) is 15.8. The minimum atomic E-state index is -3.80. The van der Waals surface area contributed by atoms with Crippen molar-refractivity contribution < 1.29 is 14.0 Å². The number of nitrogens with zero attached hydrogens (tertiary/aromatic N) is 1. The van der Waals surface area contributed by atoms with E-state index in [1.807, 2.05) is 30.3 Å². The normalized spacial score (nSPS) is 14.7. The second-order valence-corrected chi connectivity index (χ2v) is 5.48. The zero-order valence-corrected chi connectivity index (χ0v) is 10.4. The lowest BCUT2D eigenvalue weighted by atomic mass is 10.2. The van der Waals surface area contributed by atoms with E-state index in [1.165, 1.54) is 0 Å². The molecule has 0 N–H and O–H groups in total. The van der Waals surface area contributed by atoms with E-state index in [-0.39, 0.29) is 12.8 Å². The Morgan fingerprint density at radius 3 is 2.82 bits per heavy atom. The number of aromatic nitrogens is 1. The second kappa shape index (κ2) is 4.96. The van der Waals surface area contributed by atoms with Gasteiger partial charge in [0.05, 0.1) is 18.3 Å². The van der Waals surface area contributed by atoms with Gasteiger partial charge in [-0.15, -0.1) is 0 Å². The molecule has 2 rings (SSSR count). The van der Waals surface area contributed by atoms with E-state index in [0.717, 1.165) is 10.9 Å². The summed E-state index contributed by atoms with van der Waals surface area (Å²) in [7, 11) is -3.80. The highest BCUT2D eigenvalue weighted by Gasteiger charge is 2.10. The van der Waals surface area contributed by atoms with E-state index < -0.39 is 7.60 Å². The molecule has 0 fully saturated rings. The number of hydrogen-bond acceptors (Lipinski definition) is 4. The maximum absolute atomic E-state index is 11.5. The van der Waals surface area contributed by atoms with Crippen LogP contribution in [0.15, 0.2) is 36.4 Å². The molecule has 5 heteroatoms. The summed E-state index contributed by atoms with van der Waals surface area (Å²) in [6.45, 7) is 1.81. The van der Waals surface area contributed by atoms with Crippen molar-refractivity contribution in [2.45, 2.75) is 13.1 Å². The SMILES string of the molecule is CCOP(=O)([O-])Cc1ccc2ccccc2n1. The Hall–Kier alpha value is -1.22. The van der Waals surface area contributed by atoms with Gasteiger partial charge in [0.1, 0.15) is 7.60 Å². The Kier molecular flexibility index (Phi) is 3.57. The minimum absolute atomic E-state index is 0.161. The molecule has 0 amide bonds. The number of para-hydroxylation sites is 1. The van der Waals surface area contributed by atoms with Gasteiger partial charge in [0.2, 0.25) is 0 Å². The van der Waals surface area contributed by atoms with E-state index in [9.17, 15) is 9.46 Å². The highest BCUT2D eigenvalue weighted by molar-refractivity contribution is 7.50. The topological polar surface area (TPSA) is 62.2 Å². The van der Waals surface area contributed by atoms with Gasteiger partial charge >= 0.3 is 0 Å². The monoisotopic (exact) mass is 250 g/mol. The Labute approximate surface area is 99.8 Å². The lowest BCUT2D eigenvalue weighted by Gasteiger charge is -2.21. The molecule has 17 heavy (non-hydrogen) atoms. The van der Waals surface area contributed by atoms with Crippen LogP contribution in [-0.4, -0.2) is 11.6 Å². The smallest absolute Gasteiger partial charge is 0.140 e. The third-order valence-corrected chi connectivity index (χ3v) is 3.70. The fraction of sp³-hybridized carbons (Fsp3) is 0.250. The zero-order valence-electron chi connectivity index (χ0n) is 9.50. The fourth-order valence-electron chi connectivity index (χ4n) is 1.64. The molecule has 90 valence electrons. The van der Waals surface area contributed by atoms with E-state index >= 15 is 0 Å². The molecule has 0 aliphatic carbocycles. The van der Waals surface area contributed by atoms with Crippen LogP contribution in [0.2, 0.25) is 0 Å². The van der Waals surface area contributed by atoms with E-state index in [4.69, 9.17) is 4.52 Å². The highest BCUT2D eigenvalue weighted by Crippen LogP contribution is 2.40. The van der Waals surface area contributed by atoms with Crippen LogP contribution in [-0.2, 0) is 15.3 Å². The Balaban J connectivity index is 2.28. The van der Waals surface area contributed by atoms with Gasteiger partial charge in [-0.1, -0.05) is 24.3 Å². The largest absolute Gasteiger partial charge is 0.778 e. The van der Waals surface area contributed by atoms with Crippen molar-refractivity contribution in [2.75, 3.05) is 6.61 Å². The van der Waals surface area contributed by atoms with Crippen molar-refractivity contribution in [1.29, 1.82) is 0 Å². The molecular formula is C12H13NO3P-. The molecule has 0 saturated heterocycles. The van der Waals surface area contributed by atoms with Gasteiger partial charge in [-0.3, -0.25) is 4.98 Å². The van der Waals surface area contributed by atoms with Gasteiger partial charge in [-0.2, -0.15) is 0 Å². The van der Waals surface area contributed by atoms with Crippen molar-refractivity contribution in [3.8, 4) is 0 Å². The molecule has 1 unspecified atom stereocenters. The van der Waals surface area contributed by atoms with Crippen LogP contribution in [0.5, 0.6) is 0 Å². The van der Waals surface area contributed by atoms with Crippen LogP contribution in [0.25, 0.3) is 10.9 Å². The van der Waals surface area contributed by atoms with Crippen molar-refractivity contribution in [1.82, 2.24) is 4.98 Å². The maximum Gasteiger partial charge on any atom is 0.140 e. The van der Waals surface area contributed by atoms with Gasteiger partial charge < -0.3 is 14.0 Å². The predicted octanol–water partition coefficient (Wildman–Crippen LogP) is 2.32. The second-order valence-electron chi connectivity index (χ2n) is 3.68. The molecule has 0 bridgehead atoms. The van der Waals surface area contributed by atoms with Crippen LogP contribution in [0, 0.1) is 0 Å². The zero-order chi connectivity index (χ0) is 12.3. The lowest BCUT2D eigenvalue weighted by molar-refractivity contribution is -0.198. The number of pyridine rings is 1. The molecule has 1 aromatic carbocycles. The van der Waals surface area contributed by atoms with Gasteiger partial charge in [0.25, 0.3) is 0 Å². The summed E-state index contributed by atoms with van der Waals surface area (Å²) < 4.78 is 16.2. The third kappa shape index (κ3) is 3.13. The van der Waals surface area contributed by atoms with Crippen LogP contribution >= 0.6 is 7.60 Å². The summed E-state index contributed by atoms with van der Waals surface area (Å²) in [6, 6.07) is 11.2. The van der Waals surface area contributed by atoms with Gasteiger partial charge in [0, 0.05) is 11.1 Å². The lowest BCUT2D eigenvalue weighted by Crippen LogP contribution is -2.08. The first-order valence-corrected chi connectivity index (χ1v) is 7.13. The van der Waals surface area contributed by atoms with Crippen molar-refractivity contribution >= 4 is 18.5 Å². The summed E-state index contributed by atoms with van der Waals surface area (Å²) >= 11 is 0. The van der Waals surface area contributed by atoms with E-state index in [0.29, 0.717) is 5.69 Å². The summed E-state index contributed by atoms with van der Waals surface area (Å²) in [5, 5.41) is 0.994. The molecule has 0 spiro atoms. The molecule has 4 nitrogen and oxygen atoms in total. The van der Waals surface area contributed by atoms with E-state index in [1.54, 1.807) is 13.0 Å². The molecule has 1 heterocycles. The number of fused-ring (bicyclic) bond motifs is 1. The average molecular weight is 250 g/mol. The van der Waals surface area contributed by atoms with Gasteiger partial charge in [-0.25, -0.2) is 0 Å². The van der Waals surface area contributed by atoms with E-state index in [2.05, 4.69) is 4.98 Å².